The van der Waals surface area contributed by atoms with E-state index in [1.807, 2.05) is 47.7 Å². The Labute approximate surface area is 275 Å². The molecule has 0 bridgehead atoms. The zero-order chi connectivity index (χ0) is 31.2. The summed E-state index contributed by atoms with van der Waals surface area (Å²) in [4.78, 5) is 19.5. The van der Waals surface area contributed by atoms with E-state index in [1.54, 1.807) is 12.4 Å². The summed E-state index contributed by atoms with van der Waals surface area (Å²) in [5, 5.41) is 3.72. The highest BCUT2D eigenvalue weighted by atomic mass is 32.1. The highest BCUT2D eigenvalue weighted by Crippen LogP contribution is 2.44. The van der Waals surface area contributed by atoms with Crippen LogP contribution in [-0.2, 0) is 0 Å². The molecular weight excluding hydrogens is 593 g/mol. The van der Waals surface area contributed by atoms with Crippen LogP contribution < -0.4 is 0 Å². The number of hydrogen-bond acceptors (Lipinski definition) is 5. The molecule has 9 rings (SSSR count). The summed E-state index contributed by atoms with van der Waals surface area (Å²) in [7, 11) is 0. The molecule has 0 aliphatic heterocycles. The summed E-state index contributed by atoms with van der Waals surface area (Å²) in [6.07, 6.45) is 3.60. The van der Waals surface area contributed by atoms with Gasteiger partial charge in [-0.3, -0.25) is 9.97 Å². The molecule has 0 amide bonds. The SMILES string of the molecule is c1ccc(-c2nc3c(-c4ccc(-c5cc(-c6ccccn6)nc(-c6ccccn6)c5)cc4)cccc3c3c2sc2ccccc23)cc1. The van der Waals surface area contributed by atoms with Crippen molar-refractivity contribution in [1.29, 1.82) is 0 Å². The standard InChI is InChI=1S/C42H26N4S/c1-2-11-29(12-3-1)40-42-39(32-13-4-5-18-38(32)47-42)33-15-10-14-31(41(33)46-40)28-21-19-27(20-22-28)30-25-36(34-16-6-8-23-43-34)45-37(26-30)35-17-7-9-24-44-35/h1-26H. The number of fused-ring (bicyclic) bond motifs is 5. The minimum atomic E-state index is 0.812. The molecule has 0 saturated heterocycles. The van der Waals surface area contributed by atoms with Gasteiger partial charge in [0.1, 0.15) is 0 Å². The van der Waals surface area contributed by atoms with E-state index in [2.05, 4.69) is 119 Å². The van der Waals surface area contributed by atoms with Gasteiger partial charge in [0.05, 0.1) is 38.7 Å². The normalized spacial score (nSPS) is 11.4. The highest BCUT2D eigenvalue weighted by molar-refractivity contribution is 7.26. The van der Waals surface area contributed by atoms with Crippen molar-refractivity contribution in [3.63, 3.8) is 0 Å². The Morgan fingerprint density at radius 1 is 0.426 bits per heavy atom. The Hall–Kier alpha value is -6.04. The van der Waals surface area contributed by atoms with Gasteiger partial charge in [0.15, 0.2) is 0 Å². The third kappa shape index (κ3) is 4.85. The van der Waals surface area contributed by atoms with Gasteiger partial charge in [0, 0.05) is 44.4 Å². The maximum absolute atomic E-state index is 5.40. The molecule has 5 heteroatoms. The van der Waals surface area contributed by atoms with E-state index in [0.29, 0.717) is 0 Å². The molecule has 0 aliphatic rings. The van der Waals surface area contributed by atoms with E-state index in [9.17, 15) is 0 Å². The molecule has 0 fully saturated rings. The Morgan fingerprint density at radius 3 is 1.77 bits per heavy atom. The molecule has 5 aromatic heterocycles. The second-order valence-corrected chi connectivity index (χ2v) is 12.5. The first-order valence-corrected chi connectivity index (χ1v) is 16.4. The predicted molar refractivity (Wildman–Crippen MR) is 195 cm³/mol. The van der Waals surface area contributed by atoms with Gasteiger partial charge < -0.3 is 0 Å². The molecule has 0 radical (unpaired) electrons. The number of aromatic nitrogens is 4. The van der Waals surface area contributed by atoms with Crippen molar-refractivity contribution in [2.45, 2.75) is 0 Å². The topological polar surface area (TPSA) is 51.6 Å². The number of thiophene rings is 1. The summed E-state index contributed by atoms with van der Waals surface area (Å²) in [5.41, 5.74) is 10.8. The third-order valence-electron chi connectivity index (χ3n) is 8.60. The lowest BCUT2D eigenvalue weighted by molar-refractivity contribution is 1.22. The molecule has 0 unspecified atom stereocenters. The van der Waals surface area contributed by atoms with Gasteiger partial charge >= 0.3 is 0 Å². The molecular formula is C42H26N4S. The number of hydrogen-bond donors (Lipinski definition) is 0. The van der Waals surface area contributed by atoms with Crippen molar-refractivity contribution in [2.75, 3.05) is 0 Å². The van der Waals surface area contributed by atoms with Gasteiger partial charge in [-0.05, 0) is 59.2 Å². The fraction of sp³-hybridized carbons (Fsp3) is 0. The molecule has 47 heavy (non-hydrogen) atoms. The van der Waals surface area contributed by atoms with Crippen molar-refractivity contribution in [2.24, 2.45) is 0 Å². The lowest BCUT2D eigenvalue weighted by Gasteiger charge is -2.12. The molecule has 4 aromatic carbocycles. The molecule has 0 atom stereocenters. The summed E-state index contributed by atoms with van der Waals surface area (Å²) in [5.74, 6) is 0. The molecule has 0 spiro atoms. The molecule has 9 aromatic rings. The van der Waals surface area contributed by atoms with E-state index < -0.39 is 0 Å². The molecule has 0 aliphatic carbocycles. The second kappa shape index (κ2) is 11.4. The van der Waals surface area contributed by atoms with Crippen LogP contribution in [0.1, 0.15) is 0 Å². The van der Waals surface area contributed by atoms with Gasteiger partial charge in [-0.25, -0.2) is 9.97 Å². The van der Waals surface area contributed by atoms with Crippen molar-refractivity contribution < 1.29 is 0 Å². The van der Waals surface area contributed by atoms with Gasteiger partial charge in [0.2, 0.25) is 0 Å². The lowest BCUT2D eigenvalue weighted by atomic mass is 9.96. The van der Waals surface area contributed by atoms with Crippen LogP contribution >= 0.6 is 11.3 Å². The fourth-order valence-electron chi connectivity index (χ4n) is 6.36. The van der Waals surface area contributed by atoms with Crippen LogP contribution in [0.4, 0.5) is 0 Å². The maximum Gasteiger partial charge on any atom is 0.0900 e. The minimum absolute atomic E-state index is 0.812. The highest BCUT2D eigenvalue weighted by Gasteiger charge is 2.18. The third-order valence-corrected chi connectivity index (χ3v) is 9.77. The summed E-state index contributed by atoms with van der Waals surface area (Å²) in [6, 6.07) is 50.5. The van der Waals surface area contributed by atoms with E-state index in [-0.39, 0.29) is 0 Å². The number of nitrogens with zero attached hydrogens (tertiary/aromatic N) is 4. The van der Waals surface area contributed by atoms with Crippen LogP contribution in [0.5, 0.6) is 0 Å². The molecule has 0 N–H and O–H groups in total. The average Bonchev–Trinajstić information content (AvgIpc) is 3.55. The van der Waals surface area contributed by atoms with Crippen molar-refractivity contribution in [3.05, 3.63) is 158 Å². The number of benzene rings is 4. The summed E-state index contributed by atoms with van der Waals surface area (Å²) in [6.45, 7) is 0. The van der Waals surface area contributed by atoms with Crippen LogP contribution in [0, 0.1) is 0 Å². The summed E-state index contributed by atoms with van der Waals surface area (Å²) < 4.78 is 2.50. The van der Waals surface area contributed by atoms with E-state index >= 15 is 0 Å². The first kappa shape index (κ1) is 27.3. The minimum Gasteiger partial charge on any atom is -0.255 e. The monoisotopic (exact) mass is 618 g/mol. The molecule has 5 heterocycles. The van der Waals surface area contributed by atoms with Gasteiger partial charge in [-0.1, -0.05) is 103 Å². The summed E-state index contributed by atoms with van der Waals surface area (Å²) >= 11 is 1.82. The van der Waals surface area contributed by atoms with E-state index in [1.165, 1.54) is 25.6 Å². The van der Waals surface area contributed by atoms with E-state index in [4.69, 9.17) is 9.97 Å². The number of rotatable bonds is 5. The Kier molecular flexibility index (Phi) is 6.61. The van der Waals surface area contributed by atoms with Gasteiger partial charge in [-0.15, -0.1) is 11.3 Å². The second-order valence-electron chi connectivity index (χ2n) is 11.5. The zero-order valence-corrected chi connectivity index (χ0v) is 26.0. The Balaban J connectivity index is 1.21. The molecule has 220 valence electrons. The smallest absolute Gasteiger partial charge is 0.0900 e. The molecule has 0 saturated carbocycles. The largest absolute Gasteiger partial charge is 0.255 e. The van der Waals surface area contributed by atoms with Crippen LogP contribution in [-0.4, -0.2) is 19.9 Å². The van der Waals surface area contributed by atoms with E-state index in [0.717, 1.165) is 61.8 Å². The van der Waals surface area contributed by atoms with Crippen LogP contribution in [0.15, 0.2) is 158 Å². The number of pyridine rings is 4. The van der Waals surface area contributed by atoms with Crippen molar-refractivity contribution in [1.82, 2.24) is 19.9 Å². The van der Waals surface area contributed by atoms with Crippen molar-refractivity contribution in [3.8, 4) is 56.3 Å². The fourth-order valence-corrected chi connectivity index (χ4v) is 7.59. The maximum atomic E-state index is 5.40. The zero-order valence-electron chi connectivity index (χ0n) is 25.2. The average molecular weight is 619 g/mol. The molecule has 4 nitrogen and oxygen atoms in total. The van der Waals surface area contributed by atoms with Gasteiger partial charge in [0.25, 0.3) is 0 Å². The first-order valence-electron chi connectivity index (χ1n) is 15.6. The Bertz CT molecular complexity index is 2490. The quantitative estimate of drug-likeness (QED) is 0.193. The van der Waals surface area contributed by atoms with Crippen molar-refractivity contribution >= 4 is 42.4 Å². The van der Waals surface area contributed by atoms with Gasteiger partial charge in [-0.2, -0.15) is 0 Å². The van der Waals surface area contributed by atoms with Crippen LogP contribution in [0.3, 0.4) is 0 Å². The van der Waals surface area contributed by atoms with Crippen LogP contribution in [0.25, 0.3) is 87.4 Å². The Morgan fingerprint density at radius 2 is 1.06 bits per heavy atom. The first-order chi connectivity index (χ1) is 23.3. The van der Waals surface area contributed by atoms with Crippen LogP contribution in [0.2, 0.25) is 0 Å². The number of para-hydroxylation sites is 1. The lowest BCUT2D eigenvalue weighted by Crippen LogP contribution is -1.94. The predicted octanol–water partition coefficient (Wildman–Crippen LogP) is 11.1.